The van der Waals surface area contributed by atoms with Gasteiger partial charge in [0.25, 0.3) is 5.69 Å². The monoisotopic (exact) mass is 470 g/mol. The molecule has 0 aliphatic heterocycles. The molecule has 0 spiro atoms. The number of carbonyl (C=O) groups is 1. The number of methoxy groups -OCH3 is 1. The summed E-state index contributed by atoms with van der Waals surface area (Å²) >= 11 is 0. The first-order valence-corrected chi connectivity index (χ1v) is 10.7. The predicted octanol–water partition coefficient (Wildman–Crippen LogP) is 6.26. The number of aromatic carboxylic acids is 1. The minimum absolute atomic E-state index is 0.0716. The van der Waals surface area contributed by atoms with E-state index in [1.165, 1.54) is 31.4 Å². The molecule has 0 atom stereocenters. The second kappa shape index (κ2) is 8.57. The molecule has 8 heteroatoms. The van der Waals surface area contributed by atoms with Gasteiger partial charge in [0.2, 0.25) is 0 Å². The van der Waals surface area contributed by atoms with Gasteiger partial charge in [-0.25, -0.2) is 9.18 Å². The minimum Gasteiger partial charge on any atom is -0.494 e. The molecule has 7 nitrogen and oxygen atoms in total. The Morgan fingerprint density at radius 3 is 2.37 bits per heavy atom. The lowest BCUT2D eigenvalue weighted by atomic mass is 9.97. The Morgan fingerprint density at radius 1 is 1.06 bits per heavy atom. The maximum atomic E-state index is 13.5. The van der Waals surface area contributed by atoms with Crippen molar-refractivity contribution in [3.05, 3.63) is 106 Å². The lowest BCUT2D eigenvalue weighted by molar-refractivity contribution is -0.384. The van der Waals surface area contributed by atoms with E-state index in [9.17, 15) is 24.4 Å². The SMILES string of the molecule is COc1c(-c2ccc([N+](=O)[O-])cc2)cc(C(=O)O)c2c3ccccc3n(Cc3ccc(F)cc3)c12. The van der Waals surface area contributed by atoms with E-state index in [0.29, 0.717) is 34.3 Å². The van der Waals surface area contributed by atoms with Gasteiger partial charge in [-0.15, -0.1) is 0 Å². The van der Waals surface area contributed by atoms with Gasteiger partial charge in [-0.2, -0.15) is 0 Å². The fourth-order valence-corrected chi connectivity index (χ4v) is 4.51. The van der Waals surface area contributed by atoms with E-state index >= 15 is 0 Å². The van der Waals surface area contributed by atoms with E-state index in [-0.39, 0.29) is 17.1 Å². The zero-order valence-corrected chi connectivity index (χ0v) is 18.6. The number of ether oxygens (including phenoxy) is 1. The van der Waals surface area contributed by atoms with Crippen LogP contribution in [0.3, 0.4) is 0 Å². The number of halogens is 1. The van der Waals surface area contributed by atoms with E-state index < -0.39 is 10.9 Å². The van der Waals surface area contributed by atoms with Gasteiger partial charge in [0.15, 0.2) is 5.75 Å². The summed E-state index contributed by atoms with van der Waals surface area (Å²) in [6.07, 6.45) is 0. The summed E-state index contributed by atoms with van der Waals surface area (Å²) in [5.41, 5.74) is 3.29. The molecule has 0 saturated heterocycles. The van der Waals surface area contributed by atoms with Crippen LogP contribution in [-0.4, -0.2) is 27.7 Å². The van der Waals surface area contributed by atoms with E-state index in [1.54, 1.807) is 30.3 Å². The maximum Gasteiger partial charge on any atom is 0.336 e. The van der Waals surface area contributed by atoms with E-state index in [0.717, 1.165) is 16.5 Å². The zero-order chi connectivity index (χ0) is 24.7. The minimum atomic E-state index is -1.11. The Bertz CT molecular complexity index is 1610. The largest absolute Gasteiger partial charge is 0.494 e. The smallest absolute Gasteiger partial charge is 0.336 e. The maximum absolute atomic E-state index is 13.5. The third kappa shape index (κ3) is 3.74. The fraction of sp³-hybridized carbons (Fsp3) is 0.0741. The van der Waals surface area contributed by atoms with Crippen LogP contribution < -0.4 is 4.74 Å². The number of benzene rings is 4. The lowest BCUT2D eigenvalue weighted by Gasteiger charge is -2.16. The number of rotatable bonds is 6. The number of nitro groups is 1. The lowest BCUT2D eigenvalue weighted by Crippen LogP contribution is -2.04. The molecule has 5 rings (SSSR count). The third-order valence-corrected chi connectivity index (χ3v) is 6.07. The number of nitrogens with zero attached hydrogens (tertiary/aromatic N) is 2. The molecule has 1 aromatic heterocycles. The van der Waals surface area contributed by atoms with Gasteiger partial charge >= 0.3 is 5.97 Å². The number of carboxylic acids is 1. The number of fused-ring (bicyclic) bond motifs is 3. The third-order valence-electron chi connectivity index (χ3n) is 6.07. The average molecular weight is 470 g/mol. The van der Waals surface area contributed by atoms with Gasteiger partial charge in [0.1, 0.15) is 5.82 Å². The molecular formula is C27H19FN2O5. The summed E-state index contributed by atoms with van der Waals surface area (Å²) in [6.45, 7) is 0.351. The van der Waals surface area contributed by atoms with Crippen LogP contribution in [0.4, 0.5) is 10.1 Å². The molecule has 0 saturated carbocycles. The first-order chi connectivity index (χ1) is 16.9. The van der Waals surface area contributed by atoms with E-state index in [1.807, 2.05) is 28.8 Å². The topological polar surface area (TPSA) is 94.6 Å². The number of aromatic nitrogens is 1. The van der Waals surface area contributed by atoms with Crippen molar-refractivity contribution in [2.45, 2.75) is 6.54 Å². The molecule has 35 heavy (non-hydrogen) atoms. The normalized spacial score (nSPS) is 11.1. The van der Waals surface area contributed by atoms with Crippen molar-refractivity contribution in [1.29, 1.82) is 0 Å². The van der Waals surface area contributed by atoms with Crippen molar-refractivity contribution in [3.63, 3.8) is 0 Å². The first kappa shape index (κ1) is 22.1. The molecule has 0 amide bonds. The highest BCUT2D eigenvalue weighted by Crippen LogP contribution is 2.44. The van der Waals surface area contributed by atoms with Crippen LogP contribution in [-0.2, 0) is 6.54 Å². The molecule has 174 valence electrons. The van der Waals surface area contributed by atoms with Gasteiger partial charge in [0, 0.05) is 40.5 Å². The number of nitro benzene ring substituents is 1. The summed E-state index contributed by atoms with van der Waals surface area (Å²) in [5.74, 6) is -1.01. The van der Waals surface area contributed by atoms with Crippen LogP contribution in [0.5, 0.6) is 5.75 Å². The Labute approximate surface area is 198 Å². The molecular weight excluding hydrogens is 451 g/mol. The summed E-state index contributed by atoms with van der Waals surface area (Å²) in [6, 6.07) is 21.0. The van der Waals surface area contributed by atoms with Gasteiger partial charge in [0.05, 0.1) is 23.1 Å². The van der Waals surface area contributed by atoms with E-state index in [4.69, 9.17) is 4.74 Å². The molecule has 0 aliphatic carbocycles. The number of carboxylic acid groups (broad SMARTS) is 1. The number of hydrogen-bond acceptors (Lipinski definition) is 4. The highest BCUT2D eigenvalue weighted by atomic mass is 19.1. The molecule has 0 bridgehead atoms. The van der Waals surface area contributed by atoms with Crippen molar-refractivity contribution in [2.75, 3.05) is 7.11 Å². The average Bonchev–Trinajstić information content (AvgIpc) is 3.18. The van der Waals surface area contributed by atoms with E-state index in [2.05, 4.69) is 0 Å². The first-order valence-electron chi connectivity index (χ1n) is 10.7. The Hall–Kier alpha value is -4.72. The molecule has 5 aromatic rings. The molecule has 1 heterocycles. The highest BCUT2D eigenvalue weighted by molar-refractivity contribution is 6.20. The van der Waals surface area contributed by atoms with Crippen LogP contribution in [0.15, 0.2) is 78.9 Å². The Morgan fingerprint density at radius 2 is 1.74 bits per heavy atom. The molecule has 0 fully saturated rings. The Balaban J connectivity index is 1.87. The number of non-ortho nitro benzene ring substituents is 1. The van der Waals surface area contributed by atoms with Gasteiger partial charge in [-0.3, -0.25) is 10.1 Å². The van der Waals surface area contributed by atoms with Crippen molar-refractivity contribution >= 4 is 33.5 Å². The molecule has 4 aromatic carbocycles. The zero-order valence-electron chi connectivity index (χ0n) is 18.6. The summed E-state index contributed by atoms with van der Waals surface area (Å²) in [7, 11) is 1.50. The van der Waals surface area contributed by atoms with Crippen molar-refractivity contribution < 1.29 is 24.0 Å². The molecule has 0 unspecified atom stereocenters. The van der Waals surface area contributed by atoms with Gasteiger partial charge in [-0.05, 0) is 47.5 Å². The second-order valence-electron chi connectivity index (χ2n) is 8.07. The predicted molar refractivity (Wildman–Crippen MR) is 131 cm³/mol. The van der Waals surface area contributed by atoms with Crippen molar-refractivity contribution in [3.8, 4) is 16.9 Å². The van der Waals surface area contributed by atoms with Crippen molar-refractivity contribution in [2.24, 2.45) is 0 Å². The molecule has 0 radical (unpaired) electrons. The summed E-state index contributed by atoms with van der Waals surface area (Å²) < 4.78 is 21.3. The van der Waals surface area contributed by atoms with Crippen LogP contribution in [0.1, 0.15) is 15.9 Å². The number of para-hydroxylation sites is 1. The van der Waals surface area contributed by atoms with Crippen LogP contribution >= 0.6 is 0 Å². The fourth-order valence-electron chi connectivity index (χ4n) is 4.51. The van der Waals surface area contributed by atoms with Crippen LogP contribution in [0.2, 0.25) is 0 Å². The van der Waals surface area contributed by atoms with Gasteiger partial charge < -0.3 is 14.4 Å². The summed E-state index contributed by atoms with van der Waals surface area (Å²) in [5, 5.41) is 22.5. The molecule has 0 aliphatic rings. The van der Waals surface area contributed by atoms with Crippen molar-refractivity contribution in [1.82, 2.24) is 4.57 Å². The highest BCUT2D eigenvalue weighted by Gasteiger charge is 2.25. The van der Waals surface area contributed by atoms with Gasteiger partial charge in [-0.1, -0.05) is 30.3 Å². The standard InChI is InChI=1S/C27H19FN2O5/c1-35-26-21(17-8-12-19(13-9-17)30(33)34)14-22(27(31)32)24-20-4-2-3-5-23(20)29(25(24)26)15-16-6-10-18(28)11-7-16/h2-14H,15H2,1H3,(H,31,32). The summed E-state index contributed by atoms with van der Waals surface area (Å²) in [4.78, 5) is 23.0. The number of hydrogen-bond donors (Lipinski definition) is 1. The Kier molecular flexibility index (Phi) is 5.41. The van der Waals surface area contributed by atoms with Crippen LogP contribution in [0.25, 0.3) is 32.9 Å². The second-order valence-corrected chi connectivity index (χ2v) is 8.07. The molecule has 1 N–H and O–H groups in total. The quantitative estimate of drug-likeness (QED) is 0.233. The van der Waals surface area contributed by atoms with Crippen LogP contribution in [0, 0.1) is 15.9 Å².